The summed E-state index contributed by atoms with van der Waals surface area (Å²) < 4.78 is 42.7. The van der Waals surface area contributed by atoms with Crippen molar-refractivity contribution in [3.63, 3.8) is 0 Å². The molecule has 2 aromatic rings. The summed E-state index contributed by atoms with van der Waals surface area (Å²) >= 11 is 0. The first-order chi connectivity index (χ1) is 11.9. The number of nitrogens with one attached hydrogen (secondary N) is 1. The predicted molar refractivity (Wildman–Crippen MR) is 93.6 cm³/mol. The molecule has 3 rings (SSSR count). The van der Waals surface area contributed by atoms with Gasteiger partial charge in [-0.2, -0.15) is 5.06 Å². The minimum Gasteiger partial charge on any atom is -0.297 e. The van der Waals surface area contributed by atoms with Crippen LogP contribution in [0.2, 0.25) is 0 Å². The summed E-state index contributed by atoms with van der Waals surface area (Å²) in [5, 5.41) is 0.510. The number of sulfonamides is 1. The summed E-state index contributed by atoms with van der Waals surface area (Å²) in [6, 6.07) is 14.4. The lowest BCUT2D eigenvalue weighted by Gasteiger charge is -2.25. The Morgan fingerprint density at radius 1 is 1.16 bits per heavy atom. The van der Waals surface area contributed by atoms with Gasteiger partial charge in [0.25, 0.3) is 0 Å². The van der Waals surface area contributed by atoms with Crippen LogP contribution in [0.3, 0.4) is 0 Å². The van der Waals surface area contributed by atoms with E-state index in [1.54, 1.807) is 32.2 Å². The molecule has 0 radical (unpaired) electrons. The van der Waals surface area contributed by atoms with Crippen molar-refractivity contribution in [2.45, 2.75) is 24.3 Å². The molecule has 5 nitrogen and oxygen atoms in total. The van der Waals surface area contributed by atoms with Crippen molar-refractivity contribution < 1.29 is 17.6 Å². The van der Waals surface area contributed by atoms with Crippen LogP contribution in [-0.2, 0) is 14.9 Å². The molecule has 1 fully saturated rings. The van der Waals surface area contributed by atoms with Crippen molar-refractivity contribution in [1.29, 1.82) is 0 Å². The van der Waals surface area contributed by atoms with Crippen LogP contribution in [0.5, 0.6) is 0 Å². The van der Waals surface area contributed by atoms with Crippen LogP contribution in [0.25, 0.3) is 0 Å². The summed E-state index contributed by atoms with van der Waals surface area (Å²) in [4.78, 5) is 5.41. The topological polar surface area (TPSA) is 58.6 Å². The molecule has 0 aromatic heterocycles. The standard InChI is InChI=1S/C18H21FN2O3S/c1-13(14-8-4-3-5-9-14)20-25(22,23)17-12-24-21(2)18(17)15-10-6-7-11-16(15)19/h3-11,13,17-18,20H,12H2,1-2H3/t13-,17-,18-/m0/s1. The van der Waals surface area contributed by atoms with Gasteiger partial charge in [0, 0.05) is 18.7 Å². The van der Waals surface area contributed by atoms with E-state index in [4.69, 9.17) is 4.84 Å². The quantitative estimate of drug-likeness (QED) is 0.886. The van der Waals surface area contributed by atoms with Crippen molar-refractivity contribution in [3.05, 3.63) is 71.5 Å². The van der Waals surface area contributed by atoms with Gasteiger partial charge in [-0.25, -0.2) is 17.5 Å². The molecule has 7 heteroatoms. The van der Waals surface area contributed by atoms with E-state index in [-0.39, 0.29) is 6.61 Å². The molecule has 0 bridgehead atoms. The molecule has 0 saturated carbocycles. The Kier molecular flexibility index (Phi) is 5.19. The number of benzene rings is 2. The van der Waals surface area contributed by atoms with Crippen LogP contribution < -0.4 is 4.72 Å². The molecular weight excluding hydrogens is 343 g/mol. The average molecular weight is 364 g/mol. The van der Waals surface area contributed by atoms with Crippen LogP contribution in [0.4, 0.5) is 4.39 Å². The highest BCUT2D eigenvalue weighted by Gasteiger charge is 2.44. The Morgan fingerprint density at radius 3 is 2.48 bits per heavy atom. The SMILES string of the molecule is C[C@H](NS(=O)(=O)[C@H]1CON(C)[C@H]1c1ccccc1F)c1ccccc1. The summed E-state index contributed by atoms with van der Waals surface area (Å²) in [6.07, 6.45) is 0. The third-order valence-electron chi connectivity index (χ3n) is 4.45. The molecule has 1 N–H and O–H groups in total. The molecule has 1 aliphatic rings. The maximum atomic E-state index is 14.2. The zero-order chi connectivity index (χ0) is 18.0. The van der Waals surface area contributed by atoms with Gasteiger partial charge in [-0.1, -0.05) is 48.5 Å². The molecule has 2 aromatic carbocycles. The number of halogens is 1. The van der Waals surface area contributed by atoms with Crippen molar-refractivity contribution in [3.8, 4) is 0 Å². The first-order valence-corrected chi connectivity index (χ1v) is 9.61. The second-order valence-corrected chi connectivity index (χ2v) is 8.07. The van der Waals surface area contributed by atoms with E-state index in [9.17, 15) is 12.8 Å². The number of rotatable bonds is 5. The molecule has 3 atom stereocenters. The number of hydrogen-bond donors (Lipinski definition) is 1. The third-order valence-corrected chi connectivity index (χ3v) is 6.32. The van der Waals surface area contributed by atoms with E-state index in [0.717, 1.165) is 5.56 Å². The van der Waals surface area contributed by atoms with E-state index in [2.05, 4.69) is 4.72 Å². The predicted octanol–water partition coefficient (Wildman–Crippen LogP) is 2.79. The van der Waals surface area contributed by atoms with Crippen molar-refractivity contribution in [2.75, 3.05) is 13.7 Å². The molecule has 0 aliphatic carbocycles. The molecule has 1 saturated heterocycles. The van der Waals surface area contributed by atoms with Crippen molar-refractivity contribution >= 4 is 10.0 Å². The van der Waals surface area contributed by atoms with Gasteiger partial charge in [-0.05, 0) is 18.6 Å². The fraction of sp³-hybridized carbons (Fsp3) is 0.333. The zero-order valence-corrected chi connectivity index (χ0v) is 14.9. The molecule has 0 spiro atoms. The second kappa shape index (κ2) is 7.21. The minimum atomic E-state index is -3.74. The first-order valence-electron chi connectivity index (χ1n) is 8.06. The van der Waals surface area contributed by atoms with Crippen LogP contribution in [0.1, 0.15) is 30.1 Å². The Hall–Kier alpha value is -1.80. The Balaban J connectivity index is 1.87. The Morgan fingerprint density at radius 2 is 1.80 bits per heavy atom. The van der Waals surface area contributed by atoms with Gasteiger partial charge in [-0.3, -0.25) is 4.84 Å². The number of hydrogen-bond acceptors (Lipinski definition) is 4. The molecule has 134 valence electrons. The lowest BCUT2D eigenvalue weighted by atomic mass is 10.0. The molecule has 0 unspecified atom stereocenters. The van der Waals surface area contributed by atoms with Crippen LogP contribution in [0.15, 0.2) is 54.6 Å². The number of hydroxylamine groups is 2. The summed E-state index contributed by atoms with van der Waals surface area (Å²) in [5.74, 6) is -0.443. The largest absolute Gasteiger partial charge is 0.297 e. The molecular formula is C18H21FN2O3S. The van der Waals surface area contributed by atoms with Crippen molar-refractivity contribution in [1.82, 2.24) is 9.79 Å². The molecule has 1 heterocycles. The van der Waals surface area contributed by atoms with Gasteiger partial charge in [0.05, 0.1) is 12.6 Å². The maximum Gasteiger partial charge on any atom is 0.219 e. The van der Waals surface area contributed by atoms with E-state index < -0.39 is 33.2 Å². The van der Waals surface area contributed by atoms with Crippen LogP contribution in [0, 0.1) is 5.82 Å². The van der Waals surface area contributed by atoms with Gasteiger partial charge in [0.1, 0.15) is 11.1 Å². The fourth-order valence-corrected chi connectivity index (χ4v) is 4.81. The first kappa shape index (κ1) is 18.0. The summed E-state index contributed by atoms with van der Waals surface area (Å²) in [7, 11) is -2.12. The Labute approximate surface area is 147 Å². The third kappa shape index (κ3) is 3.74. The highest BCUT2D eigenvalue weighted by Crippen LogP contribution is 2.35. The van der Waals surface area contributed by atoms with Crippen LogP contribution >= 0.6 is 0 Å². The number of nitrogens with zero attached hydrogens (tertiary/aromatic N) is 1. The zero-order valence-electron chi connectivity index (χ0n) is 14.1. The second-order valence-electron chi connectivity index (χ2n) is 6.14. The highest BCUT2D eigenvalue weighted by atomic mass is 32.2. The van der Waals surface area contributed by atoms with E-state index >= 15 is 0 Å². The fourth-order valence-electron chi connectivity index (χ4n) is 3.11. The van der Waals surface area contributed by atoms with Gasteiger partial charge in [-0.15, -0.1) is 0 Å². The highest BCUT2D eigenvalue weighted by molar-refractivity contribution is 7.90. The molecule has 0 amide bonds. The van der Waals surface area contributed by atoms with Gasteiger partial charge in [0.15, 0.2) is 0 Å². The molecule has 25 heavy (non-hydrogen) atoms. The maximum absolute atomic E-state index is 14.2. The van der Waals surface area contributed by atoms with E-state index in [1.807, 2.05) is 30.3 Å². The smallest absolute Gasteiger partial charge is 0.219 e. The monoisotopic (exact) mass is 364 g/mol. The van der Waals surface area contributed by atoms with Gasteiger partial charge in [0.2, 0.25) is 10.0 Å². The molecule has 1 aliphatic heterocycles. The summed E-state index contributed by atoms with van der Waals surface area (Å²) in [6.45, 7) is 1.76. The van der Waals surface area contributed by atoms with Crippen molar-refractivity contribution in [2.24, 2.45) is 0 Å². The normalized spacial score (nSPS) is 22.8. The average Bonchev–Trinajstić information content (AvgIpc) is 2.98. The summed E-state index contributed by atoms with van der Waals surface area (Å²) in [5.41, 5.74) is 1.17. The van der Waals surface area contributed by atoms with Crippen LogP contribution in [-0.4, -0.2) is 32.4 Å². The van der Waals surface area contributed by atoms with E-state index in [1.165, 1.54) is 11.1 Å². The minimum absolute atomic E-state index is 0.0215. The lowest BCUT2D eigenvalue weighted by Crippen LogP contribution is -2.40. The Bertz CT molecular complexity index is 829. The van der Waals surface area contributed by atoms with E-state index in [0.29, 0.717) is 5.56 Å². The lowest BCUT2D eigenvalue weighted by molar-refractivity contribution is -0.111. The van der Waals surface area contributed by atoms with Gasteiger partial charge < -0.3 is 0 Å². The van der Waals surface area contributed by atoms with Gasteiger partial charge >= 0.3 is 0 Å².